The molecule has 4 N–H and O–H groups in total. The van der Waals surface area contributed by atoms with Crippen LogP contribution in [0, 0.1) is 5.92 Å². The van der Waals surface area contributed by atoms with Gasteiger partial charge in [-0.05, 0) is 43.0 Å². The van der Waals surface area contributed by atoms with Crippen LogP contribution in [0.3, 0.4) is 0 Å². The van der Waals surface area contributed by atoms with Crippen molar-refractivity contribution in [3.05, 3.63) is 59.7 Å². The number of Topliss-reactive ketones (excluding diaryl/α,β-unsaturated/α-hetero) is 1. The summed E-state index contributed by atoms with van der Waals surface area (Å²) in [6.07, 6.45) is 0.474. The maximum Gasteiger partial charge on any atom is 0.305 e. The summed E-state index contributed by atoms with van der Waals surface area (Å²) >= 11 is 1.34. The number of aliphatic carboxylic acids is 1. The molecule has 1 fully saturated rings. The Labute approximate surface area is 261 Å². The predicted molar refractivity (Wildman–Crippen MR) is 167 cm³/mol. The highest BCUT2D eigenvalue weighted by molar-refractivity contribution is 7.99. The van der Waals surface area contributed by atoms with E-state index >= 15 is 0 Å². The first kappa shape index (κ1) is 34.4. The molecule has 0 saturated carbocycles. The second-order valence-corrected chi connectivity index (χ2v) is 11.9. The summed E-state index contributed by atoms with van der Waals surface area (Å²) in [7, 11) is 0. The van der Waals surface area contributed by atoms with Crippen molar-refractivity contribution in [1.29, 1.82) is 0 Å². The predicted octanol–water partition coefficient (Wildman–Crippen LogP) is 2.89. The number of hydrogen-bond donors (Lipinski definition) is 4. The second kappa shape index (κ2) is 17.3. The van der Waals surface area contributed by atoms with E-state index < -0.39 is 42.1 Å². The van der Waals surface area contributed by atoms with Gasteiger partial charge in [0.25, 0.3) is 0 Å². The average Bonchev–Trinajstić information content (AvgIpc) is 3.40. The Morgan fingerprint density at radius 3 is 2.45 bits per heavy atom. The van der Waals surface area contributed by atoms with Crippen LogP contribution in [0.15, 0.2) is 48.5 Å². The minimum atomic E-state index is -1.23. The molecule has 3 rings (SSSR count). The number of carbonyl (C=O) groups is 5. The Morgan fingerprint density at radius 2 is 1.82 bits per heavy atom. The van der Waals surface area contributed by atoms with Crippen molar-refractivity contribution in [1.82, 2.24) is 16.0 Å². The minimum Gasteiger partial charge on any atom is -0.494 e. The van der Waals surface area contributed by atoms with E-state index in [9.17, 15) is 29.1 Å². The lowest BCUT2D eigenvalue weighted by Crippen LogP contribution is -2.54. The zero-order chi connectivity index (χ0) is 32.1. The Morgan fingerprint density at radius 1 is 1.07 bits per heavy atom. The summed E-state index contributed by atoms with van der Waals surface area (Å²) in [5.74, 6) is -1.49. The normalized spacial score (nSPS) is 15.6. The van der Waals surface area contributed by atoms with Crippen LogP contribution in [0.5, 0.6) is 11.5 Å². The van der Waals surface area contributed by atoms with E-state index in [1.807, 2.05) is 37.3 Å². The van der Waals surface area contributed by atoms with E-state index in [1.54, 1.807) is 32.0 Å². The molecule has 0 aromatic heterocycles. The summed E-state index contributed by atoms with van der Waals surface area (Å²) in [4.78, 5) is 62.3. The van der Waals surface area contributed by atoms with Crippen LogP contribution in [-0.4, -0.2) is 71.7 Å². The Hall–Kier alpha value is -4.06. The third-order valence-electron chi connectivity index (χ3n) is 6.92. The fraction of sp³-hybridized carbons (Fsp3) is 0.469. The zero-order valence-corrected chi connectivity index (χ0v) is 26.1. The number of carbonyl (C=O) groups excluding carboxylic acids is 4. The first-order valence-corrected chi connectivity index (χ1v) is 15.8. The van der Waals surface area contributed by atoms with Gasteiger partial charge in [-0.2, -0.15) is 0 Å². The van der Waals surface area contributed by atoms with Gasteiger partial charge in [0, 0.05) is 17.7 Å². The third-order valence-corrected chi connectivity index (χ3v) is 7.95. The quantitative estimate of drug-likeness (QED) is 0.195. The van der Waals surface area contributed by atoms with Crippen LogP contribution in [0.2, 0.25) is 0 Å². The van der Waals surface area contributed by atoms with E-state index in [2.05, 4.69) is 16.0 Å². The Bertz CT molecular complexity index is 1300. The van der Waals surface area contributed by atoms with E-state index in [1.165, 1.54) is 11.8 Å². The molecule has 0 aliphatic carbocycles. The lowest BCUT2D eigenvalue weighted by Gasteiger charge is -2.25. The average molecular weight is 628 g/mol. The summed E-state index contributed by atoms with van der Waals surface area (Å²) in [5.41, 5.74) is 1.58. The SMILES string of the molecule is CCOc1ccc(OCC2CCC(=O)N2)cc1CC(=O)NC(C(=O)NC(CC(=O)O)C(=O)CSCc1ccccc1)C(C)C. The Balaban J connectivity index is 1.62. The molecule has 238 valence electrons. The molecule has 1 aliphatic rings. The number of rotatable bonds is 18. The largest absolute Gasteiger partial charge is 0.494 e. The number of amides is 3. The lowest BCUT2D eigenvalue weighted by atomic mass is 10.0. The van der Waals surface area contributed by atoms with Crippen molar-refractivity contribution in [2.45, 2.75) is 70.3 Å². The number of ketones is 1. The Kier molecular flexibility index (Phi) is 13.5. The highest BCUT2D eigenvalue weighted by atomic mass is 32.2. The lowest BCUT2D eigenvalue weighted by molar-refractivity contribution is -0.140. The molecule has 11 nitrogen and oxygen atoms in total. The molecule has 2 aromatic carbocycles. The van der Waals surface area contributed by atoms with Gasteiger partial charge in [0.15, 0.2) is 5.78 Å². The van der Waals surface area contributed by atoms with Crippen molar-refractivity contribution in [2.24, 2.45) is 5.92 Å². The van der Waals surface area contributed by atoms with Gasteiger partial charge < -0.3 is 30.5 Å². The summed E-state index contributed by atoms with van der Waals surface area (Å²) in [6, 6.07) is 12.4. The fourth-order valence-electron chi connectivity index (χ4n) is 4.64. The van der Waals surface area contributed by atoms with Crippen LogP contribution in [0.4, 0.5) is 0 Å². The molecule has 1 heterocycles. The maximum absolute atomic E-state index is 13.3. The molecule has 44 heavy (non-hydrogen) atoms. The molecule has 1 aliphatic heterocycles. The first-order chi connectivity index (χ1) is 21.0. The topological polar surface area (TPSA) is 160 Å². The molecule has 2 aromatic rings. The number of carboxylic acids is 1. The van der Waals surface area contributed by atoms with Crippen molar-refractivity contribution >= 4 is 41.2 Å². The van der Waals surface area contributed by atoms with Crippen molar-refractivity contribution in [3.63, 3.8) is 0 Å². The van der Waals surface area contributed by atoms with Crippen molar-refractivity contribution in [2.75, 3.05) is 19.0 Å². The standard InChI is InChI=1S/C32H41N3O8S/c1-4-42-27-12-11-24(43-17-23-10-13-28(37)33-23)14-22(27)15-29(38)35-31(20(2)3)32(41)34-25(16-30(39)40)26(36)19-44-18-21-8-6-5-7-9-21/h5-9,11-12,14,20,23,25,31H,4,10,13,15-19H2,1-3H3,(H,33,37)(H,34,41)(H,35,38)(H,39,40). The fourth-order valence-corrected chi connectivity index (χ4v) is 5.57. The molecule has 3 unspecified atom stereocenters. The van der Waals surface area contributed by atoms with E-state index in [0.29, 0.717) is 48.9 Å². The molecule has 0 spiro atoms. The van der Waals surface area contributed by atoms with Gasteiger partial charge in [0.05, 0.1) is 37.3 Å². The van der Waals surface area contributed by atoms with Gasteiger partial charge in [-0.25, -0.2) is 0 Å². The van der Waals surface area contributed by atoms with Crippen LogP contribution < -0.4 is 25.4 Å². The van der Waals surface area contributed by atoms with Gasteiger partial charge in [-0.3, -0.25) is 24.0 Å². The van der Waals surface area contributed by atoms with Crippen molar-refractivity contribution < 1.29 is 38.6 Å². The number of benzene rings is 2. The van der Waals surface area contributed by atoms with Crippen LogP contribution in [0.25, 0.3) is 0 Å². The van der Waals surface area contributed by atoms with E-state index in [4.69, 9.17) is 9.47 Å². The van der Waals surface area contributed by atoms with Crippen LogP contribution in [0.1, 0.15) is 51.2 Å². The molecule has 1 saturated heterocycles. The first-order valence-electron chi connectivity index (χ1n) is 14.7. The summed E-state index contributed by atoms with van der Waals surface area (Å²) in [5, 5.41) is 17.5. The minimum absolute atomic E-state index is 0.00741. The van der Waals surface area contributed by atoms with Crippen LogP contribution >= 0.6 is 11.8 Å². The molecule has 3 atom stereocenters. The number of thioether (sulfide) groups is 1. The van der Waals surface area contributed by atoms with Crippen LogP contribution in [-0.2, 0) is 36.1 Å². The summed E-state index contributed by atoms with van der Waals surface area (Å²) in [6.45, 7) is 5.99. The van der Waals surface area contributed by atoms with Gasteiger partial charge in [-0.15, -0.1) is 11.8 Å². The van der Waals surface area contributed by atoms with Gasteiger partial charge >= 0.3 is 5.97 Å². The maximum atomic E-state index is 13.3. The van der Waals surface area contributed by atoms with Crippen molar-refractivity contribution in [3.8, 4) is 11.5 Å². The molecule has 0 radical (unpaired) electrons. The molecule has 3 amide bonds. The highest BCUT2D eigenvalue weighted by Crippen LogP contribution is 2.26. The summed E-state index contributed by atoms with van der Waals surface area (Å²) < 4.78 is 11.5. The van der Waals surface area contributed by atoms with E-state index in [-0.39, 0.29) is 30.0 Å². The van der Waals surface area contributed by atoms with Gasteiger partial charge in [0.2, 0.25) is 17.7 Å². The number of hydrogen-bond acceptors (Lipinski definition) is 8. The smallest absolute Gasteiger partial charge is 0.305 e. The molecule has 0 bridgehead atoms. The second-order valence-electron chi connectivity index (χ2n) is 10.9. The number of carboxylic acid groups (broad SMARTS) is 1. The monoisotopic (exact) mass is 627 g/mol. The third kappa shape index (κ3) is 11.2. The number of ether oxygens (including phenoxy) is 2. The van der Waals surface area contributed by atoms with Gasteiger partial charge in [0.1, 0.15) is 24.1 Å². The zero-order valence-electron chi connectivity index (χ0n) is 25.3. The molecule has 12 heteroatoms. The number of nitrogens with one attached hydrogen (secondary N) is 3. The molecular formula is C32H41N3O8S. The highest BCUT2D eigenvalue weighted by Gasteiger charge is 2.30. The van der Waals surface area contributed by atoms with E-state index in [0.717, 1.165) is 5.56 Å². The van der Waals surface area contributed by atoms with Gasteiger partial charge in [-0.1, -0.05) is 44.2 Å². The molecular weight excluding hydrogens is 586 g/mol.